The van der Waals surface area contributed by atoms with Crippen LogP contribution in [-0.2, 0) is 22.6 Å². The predicted octanol–water partition coefficient (Wildman–Crippen LogP) is 1.94. The normalized spacial score (nSPS) is 14.3. The lowest BCUT2D eigenvalue weighted by atomic mass is 10.1. The first-order valence-electron chi connectivity index (χ1n) is 7.21. The van der Waals surface area contributed by atoms with Crippen LogP contribution in [0.15, 0.2) is 30.5 Å². The van der Waals surface area contributed by atoms with Crippen LogP contribution in [0.25, 0.3) is 10.9 Å². The van der Waals surface area contributed by atoms with Crippen molar-refractivity contribution < 1.29 is 14.7 Å². The highest BCUT2D eigenvalue weighted by molar-refractivity contribution is 5.87. The maximum atomic E-state index is 11.8. The maximum Gasteiger partial charge on any atom is 0.307 e. The van der Waals surface area contributed by atoms with Crippen LogP contribution in [0, 0.1) is 0 Å². The number of rotatable bonds is 6. The second-order valence-electron chi connectivity index (χ2n) is 5.53. The highest BCUT2D eigenvalue weighted by Crippen LogP contribution is 2.22. The Morgan fingerprint density at radius 2 is 2.05 bits per heavy atom. The summed E-state index contributed by atoms with van der Waals surface area (Å²) in [5, 5.41) is 12.9. The number of aromatic nitrogens is 1. The molecule has 1 heterocycles. The molecule has 0 aliphatic heterocycles. The Morgan fingerprint density at radius 3 is 2.76 bits per heavy atom. The van der Waals surface area contributed by atoms with Crippen molar-refractivity contribution >= 4 is 22.8 Å². The summed E-state index contributed by atoms with van der Waals surface area (Å²) in [5.41, 5.74) is 1.77. The van der Waals surface area contributed by atoms with E-state index in [9.17, 15) is 9.59 Å². The molecule has 0 unspecified atom stereocenters. The molecule has 1 aliphatic rings. The van der Waals surface area contributed by atoms with Gasteiger partial charge in [-0.3, -0.25) is 9.59 Å². The van der Waals surface area contributed by atoms with Gasteiger partial charge in [0.15, 0.2) is 0 Å². The first kappa shape index (κ1) is 13.7. The van der Waals surface area contributed by atoms with Gasteiger partial charge < -0.3 is 15.0 Å². The topological polar surface area (TPSA) is 71.3 Å². The number of fused-ring (bicyclic) bond motifs is 1. The highest BCUT2D eigenvalue weighted by Gasteiger charge is 2.23. The molecule has 1 amide bonds. The minimum Gasteiger partial charge on any atom is -0.481 e. The highest BCUT2D eigenvalue weighted by atomic mass is 16.4. The maximum absolute atomic E-state index is 11.8. The molecule has 5 heteroatoms. The molecule has 2 aromatic rings. The number of nitrogens with zero attached hydrogens (tertiary/aromatic N) is 1. The van der Waals surface area contributed by atoms with Crippen LogP contribution in [0.1, 0.15) is 24.8 Å². The van der Waals surface area contributed by atoms with E-state index < -0.39 is 5.97 Å². The number of amides is 1. The SMILES string of the molecule is O=C(O)Cc1cn(CCC(=O)NC2CC2)c2ccccc12. The standard InChI is InChI=1S/C16H18N2O3/c19-15(17-12-5-6-12)7-8-18-10-11(9-16(20)21)13-3-1-2-4-14(13)18/h1-4,10,12H,5-9H2,(H,17,19)(H,20,21). The number of aryl methyl sites for hydroxylation is 1. The van der Waals surface area contributed by atoms with Gasteiger partial charge in [0.05, 0.1) is 6.42 Å². The molecule has 0 atom stereocenters. The Labute approximate surface area is 122 Å². The Bertz CT molecular complexity index is 686. The van der Waals surface area contributed by atoms with Gasteiger partial charge in [-0.15, -0.1) is 0 Å². The minimum absolute atomic E-state index is 0.00177. The fourth-order valence-electron chi connectivity index (χ4n) is 2.56. The zero-order valence-electron chi connectivity index (χ0n) is 11.7. The van der Waals surface area contributed by atoms with E-state index in [1.807, 2.05) is 35.0 Å². The summed E-state index contributed by atoms with van der Waals surface area (Å²) in [4.78, 5) is 22.7. The number of para-hydroxylation sites is 1. The van der Waals surface area contributed by atoms with E-state index in [0.717, 1.165) is 29.3 Å². The number of carboxylic acid groups (broad SMARTS) is 1. The fraction of sp³-hybridized carbons (Fsp3) is 0.375. The first-order chi connectivity index (χ1) is 10.1. The molecule has 110 valence electrons. The zero-order valence-corrected chi connectivity index (χ0v) is 11.7. The minimum atomic E-state index is -0.843. The summed E-state index contributed by atoms with van der Waals surface area (Å²) < 4.78 is 1.97. The van der Waals surface area contributed by atoms with Crippen molar-refractivity contribution in [2.75, 3.05) is 0 Å². The lowest BCUT2D eigenvalue weighted by molar-refractivity contribution is -0.136. The third-order valence-corrected chi connectivity index (χ3v) is 3.74. The van der Waals surface area contributed by atoms with Gasteiger partial charge in [0.25, 0.3) is 0 Å². The zero-order chi connectivity index (χ0) is 14.8. The van der Waals surface area contributed by atoms with Gasteiger partial charge in [-0.05, 0) is 24.5 Å². The molecule has 0 spiro atoms. The van der Waals surface area contributed by atoms with Crippen LogP contribution in [-0.4, -0.2) is 27.6 Å². The molecule has 5 nitrogen and oxygen atoms in total. The van der Waals surface area contributed by atoms with Crippen molar-refractivity contribution in [3.8, 4) is 0 Å². The van der Waals surface area contributed by atoms with Gasteiger partial charge in [0.1, 0.15) is 0 Å². The molecule has 1 aromatic carbocycles. The number of aliphatic carboxylic acids is 1. The number of carbonyl (C=O) groups is 2. The Hall–Kier alpha value is -2.30. The van der Waals surface area contributed by atoms with Gasteiger partial charge in [0.2, 0.25) is 5.91 Å². The van der Waals surface area contributed by atoms with Crippen LogP contribution < -0.4 is 5.32 Å². The van der Waals surface area contributed by atoms with Crippen LogP contribution in [0.4, 0.5) is 0 Å². The third kappa shape index (κ3) is 3.24. The van der Waals surface area contributed by atoms with Crippen LogP contribution in [0.5, 0.6) is 0 Å². The lowest BCUT2D eigenvalue weighted by Crippen LogP contribution is -2.26. The molecular formula is C16H18N2O3. The predicted molar refractivity (Wildman–Crippen MR) is 79.1 cm³/mol. The first-order valence-corrected chi connectivity index (χ1v) is 7.21. The van der Waals surface area contributed by atoms with Crippen molar-refractivity contribution in [2.24, 2.45) is 0 Å². The molecule has 2 N–H and O–H groups in total. The van der Waals surface area contributed by atoms with Crippen molar-refractivity contribution in [1.29, 1.82) is 0 Å². The number of hydrogen-bond donors (Lipinski definition) is 2. The van der Waals surface area contributed by atoms with E-state index in [4.69, 9.17) is 5.11 Å². The van der Waals surface area contributed by atoms with E-state index >= 15 is 0 Å². The Morgan fingerprint density at radius 1 is 1.29 bits per heavy atom. The van der Waals surface area contributed by atoms with Crippen LogP contribution in [0.3, 0.4) is 0 Å². The summed E-state index contributed by atoms with van der Waals surface area (Å²) in [6.07, 6.45) is 4.44. The van der Waals surface area contributed by atoms with E-state index in [1.54, 1.807) is 0 Å². The Balaban J connectivity index is 1.77. The van der Waals surface area contributed by atoms with Crippen molar-refractivity contribution in [3.05, 3.63) is 36.0 Å². The largest absolute Gasteiger partial charge is 0.481 e. The van der Waals surface area contributed by atoms with Gasteiger partial charge in [0, 0.05) is 36.1 Å². The quantitative estimate of drug-likeness (QED) is 0.852. The molecule has 1 fully saturated rings. The number of carbonyl (C=O) groups excluding carboxylic acids is 1. The second-order valence-corrected chi connectivity index (χ2v) is 5.53. The van der Waals surface area contributed by atoms with E-state index in [2.05, 4.69) is 5.32 Å². The number of carboxylic acids is 1. The molecular weight excluding hydrogens is 268 g/mol. The molecule has 3 rings (SSSR count). The summed E-state index contributed by atoms with van der Waals surface area (Å²) >= 11 is 0. The monoisotopic (exact) mass is 286 g/mol. The summed E-state index contributed by atoms with van der Waals surface area (Å²) in [5.74, 6) is -0.778. The van der Waals surface area contributed by atoms with E-state index in [1.165, 1.54) is 0 Å². The van der Waals surface area contributed by atoms with Crippen molar-refractivity contribution in [2.45, 2.75) is 38.3 Å². The van der Waals surface area contributed by atoms with Gasteiger partial charge in [-0.25, -0.2) is 0 Å². The van der Waals surface area contributed by atoms with Gasteiger partial charge in [-0.1, -0.05) is 18.2 Å². The summed E-state index contributed by atoms with van der Waals surface area (Å²) in [6.45, 7) is 0.568. The molecule has 1 saturated carbocycles. The average Bonchev–Trinajstić information content (AvgIpc) is 3.19. The summed E-state index contributed by atoms with van der Waals surface area (Å²) in [7, 11) is 0. The molecule has 21 heavy (non-hydrogen) atoms. The van der Waals surface area contributed by atoms with E-state index in [-0.39, 0.29) is 12.3 Å². The molecule has 0 bridgehead atoms. The Kier molecular flexibility index (Phi) is 3.64. The van der Waals surface area contributed by atoms with E-state index in [0.29, 0.717) is 19.0 Å². The average molecular weight is 286 g/mol. The number of nitrogens with one attached hydrogen (secondary N) is 1. The molecule has 0 radical (unpaired) electrons. The molecule has 1 aliphatic carbocycles. The van der Waals surface area contributed by atoms with Crippen molar-refractivity contribution in [1.82, 2.24) is 9.88 Å². The lowest BCUT2D eigenvalue weighted by Gasteiger charge is -2.06. The number of benzene rings is 1. The smallest absolute Gasteiger partial charge is 0.307 e. The number of hydrogen-bond acceptors (Lipinski definition) is 2. The summed E-state index contributed by atoms with van der Waals surface area (Å²) in [6, 6.07) is 8.08. The fourth-order valence-corrected chi connectivity index (χ4v) is 2.56. The van der Waals surface area contributed by atoms with Crippen LogP contribution in [0.2, 0.25) is 0 Å². The molecule has 1 aromatic heterocycles. The molecule has 0 saturated heterocycles. The van der Waals surface area contributed by atoms with Gasteiger partial charge in [-0.2, -0.15) is 0 Å². The van der Waals surface area contributed by atoms with Crippen molar-refractivity contribution in [3.63, 3.8) is 0 Å². The van der Waals surface area contributed by atoms with Gasteiger partial charge >= 0.3 is 5.97 Å². The third-order valence-electron chi connectivity index (χ3n) is 3.74. The van der Waals surface area contributed by atoms with Crippen LogP contribution >= 0.6 is 0 Å². The second kappa shape index (κ2) is 5.60.